The Morgan fingerprint density at radius 3 is 2.81 bits per heavy atom. The van der Waals surface area contributed by atoms with E-state index >= 15 is 0 Å². The molecule has 0 spiro atoms. The van der Waals surface area contributed by atoms with Crippen LogP contribution in [0.25, 0.3) is 10.8 Å². The number of pyridine rings is 1. The molecule has 2 aromatic carbocycles. The van der Waals surface area contributed by atoms with Crippen LogP contribution < -0.4 is 4.74 Å². The van der Waals surface area contributed by atoms with Gasteiger partial charge in [0.2, 0.25) is 0 Å². The summed E-state index contributed by atoms with van der Waals surface area (Å²) in [6, 6.07) is 12.9. The van der Waals surface area contributed by atoms with Crippen LogP contribution in [0.2, 0.25) is 0 Å². The SMILES string of the molecule is COc1ccc(Br)c(C(=O)c2cccc3cnccc23)c1. The third-order valence-corrected chi connectivity index (χ3v) is 4.04. The molecular weight excluding hydrogens is 330 g/mol. The first-order valence-corrected chi connectivity index (χ1v) is 7.21. The molecule has 4 heteroatoms. The number of hydrogen-bond acceptors (Lipinski definition) is 3. The summed E-state index contributed by atoms with van der Waals surface area (Å²) in [5.74, 6) is 0.612. The number of ether oxygens (including phenoxy) is 1. The van der Waals surface area contributed by atoms with Gasteiger partial charge in [-0.2, -0.15) is 0 Å². The van der Waals surface area contributed by atoms with Gasteiger partial charge in [0.25, 0.3) is 0 Å². The van der Waals surface area contributed by atoms with Crippen molar-refractivity contribution in [2.24, 2.45) is 0 Å². The molecule has 0 bridgehead atoms. The van der Waals surface area contributed by atoms with Gasteiger partial charge in [-0.1, -0.05) is 34.1 Å². The normalized spacial score (nSPS) is 10.6. The quantitative estimate of drug-likeness (QED) is 0.669. The van der Waals surface area contributed by atoms with E-state index in [0.29, 0.717) is 16.9 Å². The number of ketones is 1. The summed E-state index contributed by atoms with van der Waals surface area (Å²) >= 11 is 3.43. The fourth-order valence-electron chi connectivity index (χ4n) is 2.27. The number of carbonyl (C=O) groups is 1. The fraction of sp³-hybridized carbons (Fsp3) is 0.0588. The van der Waals surface area contributed by atoms with Crippen LogP contribution in [0.5, 0.6) is 5.75 Å². The lowest BCUT2D eigenvalue weighted by Gasteiger charge is -2.09. The number of nitrogens with zero attached hydrogens (tertiary/aromatic N) is 1. The lowest BCUT2D eigenvalue weighted by Crippen LogP contribution is -2.04. The molecule has 0 aliphatic heterocycles. The van der Waals surface area contributed by atoms with E-state index in [1.54, 1.807) is 25.6 Å². The van der Waals surface area contributed by atoms with Crippen LogP contribution >= 0.6 is 15.9 Å². The lowest BCUT2D eigenvalue weighted by atomic mass is 9.98. The number of hydrogen-bond donors (Lipinski definition) is 0. The van der Waals surface area contributed by atoms with Gasteiger partial charge >= 0.3 is 0 Å². The molecule has 0 saturated carbocycles. The summed E-state index contributed by atoms with van der Waals surface area (Å²) < 4.78 is 5.95. The van der Waals surface area contributed by atoms with E-state index in [1.165, 1.54) is 0 Å². The van der Waals surface area contributed by atoms with E-state index < -0.39 is 0 Å². The molecule has 3 nitrogen and oxygen atoms in total. The summed E-state index contributed by atoms with van der Waals surface area (Å²) in [4.78, 5) is 16.9. The maximum Gasteiger partial charge on any atom is 0.194 e. The lowest BCUT2D eigenvalue weighted by molar-refractivity contribution is 0.103. The minimum atomic E-state index is -0.0439. The number of carbonyl (C=O) groups excluding carboxylic acids is 1. The second kappa shape index (κ2) is 5.66. The molecule has 0 radical (unpaired) electrons. The monoisotopic (exact) mass is 341 g/mol. The molecule has 1 heterocycles. The Balaban J connectivity index is 2.17. The molecule has 0 aliphatic rings. The van der Waals surface area contributed by atoms with Crippen molar-refractivity contribution in [1.82, 2.24) is 4.98 Å². The summed E-state index contributed by atoms with van der Waals surface area (Å²) in [5.41, 5.74) is 1.24. The zero-order valence-electron chi connectivity index (χ0n) is 11.3. The Kier molecular flexibility index (Phi) is 3.71. The molecule has 0 unspecified atom stereocenters. The minimum Gasteiger partial charge on any atom is -0.497 e. The van der Waals surface area contributed by atoms with E-state index in [1.807, 2.05) is 36.4 Å². The van der Waals surface area contributed by atoms with Gasteiger partial charge in [-0.25, -0.2) is 0 Å². The Bertz CT molecular complexity index is 825. The van der Waals surface area contributed by atoms with E-state index in [-0.39, 0.29) is 5.78 Å². The Hall–Kier alpha value is -2.20. The molecule has 104 valence electrons. The van der Waals surface area contributed by atoms with Crippen LogP contribution in [0.4, 0.5) is 0 Å². The van der Waals surface area contributed by atoms with Crippen molar-refractivity contribution >= 4 is 32.5 Å². The van der Waals surface area contributed by atoms with Crippen molar-refractivity contribution in [3.63, 3.8) is 0 Å². The topological polar surface area (TPSA) is 39.2 Å². The second-order valence-corrected chi connectivity index (χ2v) is 5.43. The number of methoxy groups -OCH3 is 1. The molecule has 21 heavy (non-hydrogen) atoms. The molecule has 3 aromatic rings. The zero-order valence-corrected chi connectivity index (χ0v) is 12.9. The summed E-state index contributed by atoms with van der Waals surface area (Å²) in [5, 5.41) is 1.84. The van der Waals surface area contributed by atoms with Gasteiger partial charge in [0.05, 0.1) is 7.11 Å². The third kappa shape index (κ3) is 2.54. The smallest absolute Gasteiger partial charge is 0.194 e. The van der Waals surface area contributed by atoms with Gasteiger partial charge in [0.15, 0.2) is 5.78 Å². The Morgan fingerprint density at radius 2 is 2.00 bits per heavy atom. The summed E-state index contributed by atoms with van der Waals surface area (Å²) in [6.45, 7) is 0. The van der Waals surface area contributed by atoms with E-state index in [9.17, 15) is 4.79 Å². The molecule has 0 N–H and O–H groups in total. The molecular formula is C17H12BrNO2. The van der Waals surface area contributed by atoms with Crippen molar-refractivity contribution in [2.75, 3.05) is 7.11 Å². The number of halogens is 1. The standard InChI is InChI=1S/C17H12BrNO2/c1-21-12-5-6-16(18)15(9-12)17(20)14-4-2-3-11-10-19-8-7-13(11)14/h2-10H,1H3. The third-order valence-electron chi connectivity index (χ3n) is 3.34. The Labute approximate surface area is 130 Å². The van der Waals surface area contributed by atoms with Gasteiger partial charge < -0.3 is 4.74 Å². The van der Waals surface area contributed by atoms with Crippen LogP contribution in [0.1, 0.15) is 15.9 Å². The average molecular weight is 342 g/mol. The van der Waals surface area contributed by atoms with Gasteiger partial charge in [0.1, 0.15) is 5.75 Å². The molecule has 0 saturated heterocycles. The Morgan fingerprint density at radius 1 is 1.14 bits per heavy atom. The highest BCUT2D eigenvalue weighted by Crippen LogP contribution is 2.27. The largest absolute Gasteiger partial charge is 0.497 e. The van der Waals surface area contributed by atoms with Crippen molar-refractivity contribution in [3.8, 4) is 5.75 Å². The van der Waals surface area contributed by atoms with Crippen LogP contribution in [0.15, 0.2) is 59.3 Å². The molecule has 0 fully saturated rings. The van der Waals surface area contributed by atoms with Crippen LogP contribution in [0, 0.1) is 0 Å². The van der Waals surface area contributed by atoms with Crippen molar-refractivity contribution in [1.29, 1.82) is 0 Å². The highest BCUT2D eigenvalue weighted by molar-refractivity contribution is 9.10. The van der Waals surface area contributed by atoms with Crippen molar-refractivity contribution < 1.29 is 9.53 Å². The van der Waals surface area contributed by atoms with Crippen LogP contribution in [-0.4, -0.2) is 17.9 Å². The van der Waals surface area contributed by atoms with E-state index in [2.05, 4.69) is 20.9 Å². The number of fused-ring (bicyclic) bond motifs is 1. The van der Waals surface area contributed by atoms with Gasteiger partial charge in [-0.3, -0.25) is 9.78 Å². The van der Waals surface area contributed by atoms with Crippen molar-refractivity contribution in [2.45, 2.75) is 0 Å². The van der Waals surface area contributed by atoms with Crippen molar-refractivity contribution in [3.05, 3.63) is 70.5 Å². The second-order valence-electron chi connectivity index (χ2n) is 4.58. The molecule has 0 atom stereocenters. The van der Waals surface area contributed by atoms with Gasteiger partial charge in [-0.15, -0.1) is 0 Å². The van der Waals surface area contributed by atoms with E-state index in [0.717, 1.165) is 15.2 Å². The van der Waals surface area contributed by atoms with Crippen LogP contribution in [-0.2, 0) is 0 Å². The highest BCUT2D eigenvalue weighted by atomic mass is 79.9. The first-order chi connectivity index (χ1) is 10.2. The summed E-state index contributed by atoms with van der Waals surface area (Å²) in [7, 11) is 1.58. The maximum absolute atomic E-state index is 12.8. The van der Waals surface area contributed by atoms with Gasteiger partial charge in [0, 0.05) is 33.4 Å². The molecule has 1 aromatic heterocycles. The number of benzene rings is 2. The highest BCUT2D eigenvalue weighted by Gasteiger charge is 2.16. The maximum atomic E-state index is 12.8. The molecule has 0 amide bonds. The van der Waals surface area contributed by atoms with E-state index in [4.69, 9.17) is 4.74 Å². The predicted octanol–water partition coefficient (Wildman–Crippen LogP) is 4.24. The average Bonchev–Trinajstić information content (AvgIpc) is 2.54. The molecule has 3 rings (SSSR count). The zero-order chi connectivity index (χ0) is 14.8. The predicted molar refractivity (Wildman–Crippen MR) is 85.9 cm³/mol. The minimum absolute atomic E-state index is 0.0439. The fourth-order valence-corrected chi connectivity index (χ4v) is 2.70. The first-order valence-electron chi connectivity index (χ1n) is 6.41. The van der Waals surface area contributed by atoms with Gasteiger partial charge in [-0.05, 0) is 29.7 Å². The number of aromatic nitrogens is 1. The number of rotatable bonds is 3. The molecule has 0 aliphatic carbocycles. The summed E-state index contributed by atoms with van der Waals surface area (Å²) in [6.07, 6.45) is 3.45. The van der Waals surface area contributed by atoms with Crippen LogP contribution in [0.3, 0.4) is 0 Å². The first kappa shape index (κ1) is 13.8.